The Balaban J connectivity index is 1.83. The van der Waals surface area contributed by atoms with Crippen LogP contribution in [0, 0.1) is 17.7 Å². The highest BCUT2D eigenvalue weighted by atomic mass is 19.1. The van der Waals surface area contributed by atoms with Gasteiger partial charge in [0, 0.05) is 6.04 Å². The molecule has 3 rings (SSSR count). The van der Waals surface area contributed by atoms with Crippen molar-refractivity contribution in [2.45, 2.75) is 37.8 Å². The van der Waals surface area contributed by atoms with Crippen molar-refractivity contribution in [3.63, 3.8) is 0 Å². The van der Waals surface area contributed by atoms with Gasteiger partial charge in [0.1, 0.15) is 5.82 Å². The largest absolute Gasteiger partial charge is 0.330 e. The number of hydrogen-bond acceptors (Lipinski definition) is 3. The molecular formula is C15H22FN3. The Morgan fingerprint density at radius 3 is 2.68 bits per heavy atom. The molecule has 4 atom stereocenters. The lowest BCUT2D eigenvalue weighted by Crippen LogP contribution is -2.37. The third kappa shape index (κ3) is 2.53. The number of benzene rings is 1. The van der Waals surface area contributed by atoms with Crippen molar-refractivity contribution in [3.8, 4) is 0 Å². The lowest BCUT2D eigenvalue weighted by Gasteiger charge is -2.35. The molecule has 0 radical (unpaired) electrons. The fraction of sp³-hybridized carbons (Fsp3) is 0.600. The average molecular weight is 263 g/mol. The molecule has 1 aliphatic carbocycles. The first-order chi connectivity index (χ1) is 9.29. The van der Waals surface area contributed by atoms with Crippen molar-refractivity contribution in [1.82, 2.24) is 10.9 Å². The van der Waals surface area contributed by atoms with Crippen LogP contribution in [0.25, 0.3) is 0 Å². The monoisotopic (exact) mass is 263 g/mol. The van der Waals surface area contributed by atoms with E-state index in [-0.39, 0.29) is 11.9 Å². The Kier molecular flexibility index (Phi) is 3.82. The highest BCUT2D eigenvalue weighted by Gasteiger charge is 2.43. The third-order valence-electron chi connectivity index (χ3n) is 4.67. The Labute approximate surface area is 113 Å². The molecule has 0 spiro atoms. The van der Waals surface area contributed by atoms with Crippen molar-refractivity contribution < 1.29 is 4.39 Å². The van der Waals surface area contributed by atoms with Crippen LogP contribution in [0.5, 0.6) is 0 Å². The van der Waals surface area contributed by atoms with Crippen LogP contribution in [0.2, 0.25) is 0 Å². The summed E-state index contributed by atoms with van der Waals surface area (Å²) in [6, 6.07) is 7.69. The van der Waals surface area contributed by atoms with Gasteiger partial charge in [0.05, 0.1) is 6.04 Å². The molecule has 1 aliphatic heterocycles. The molecule has 4 unspecified atom stereocenters. The number of halogens is 1. The fourth-order valence-electron chi connectivity index (χ4n) is 3.81. The number of hydrazine groups is 1. The van der Waals surface area contributed by atoms with Crippen LogP contribution in [0.1, 0.15) is 37.3 Å². The summed E-state index contributed by atoms with van der Waals surface area (Å²) in [5, 5.41) is 0. The average Bonchev–Trinajstić information content (AvgIpc) is 2.85. The highest BCUT2D eigenvalue weighted by molar-refractivity contribution is 5.23. The summed E-state index contributed by atoms with van der Waals surface area (Å²) < 4.78 is 13.1. The SMILES string of the molecule is NCCC1CCCC2NNC(c3ccc(F)cc3)C12. The van der Waals surface area contributed by atoms with E-state index in [2.05, 4.69) is 10.9 Å². The maximum Gasteiger partial charge on any atom is 0.123 e. The summed E-state index contributed by atoms with van der Waals surface area (Å²) in [7, 11) is 0. The van der Waals surface area contributed by atoms with Crippen molar-refractivity contribution in [3.05, 3.63) is 35.6 Å². The van der Waals surface area contributed by atoms with Crippen LogP contribution in [-0.4, -0.2) is 12.6 Å². The quantitative estimate of drug-likeness (QED) is 0.783. The second kappa shape index (κ2) is 5.57. The predicted octanol–water partition coefficient (Wildman–Crippen LogP) is 2.11. The number of fused-ring (bicyclic) bond motifs is 1. The molecule has 4 N–H and O–H groups in total. The van der Waals surface area contributed by atoms with Gasteiger partial charge in [-0.2, -0.15) is 0 Å². The van der Waals surface area contributed by atoms with E-state index in [4.69, 9.17) is 5.73 Å². The molecule has 4 heteroatoms. The van der Waals surface area contributed by atoms with Crippen LogP contribution in [0.4, 0.5) is 4.39 Å². The van der Waals surface area contributed by atoms with E-state index in [1.54, 1.807) is 12.1 Å². The molecule has 1 aromatic carbocycles. The molecule has 0 bridgehead atoms. The Bertz CT molecular complexity index is 418. The van der Waals surface area contributed by atoms with E-state index < -0.39 is 0 Å². The predicted molar refractivity (Wildman–Crippen MR) is 73.7 cm³/mol. The van der Waals surface area contributed by atoms with E-state index in [9.17, 15) is 4.39 Å². The molecule has 1 aromatic rings. The van der Waals surface area contributed by atoms with Gasteiger partial charge in [0.2, 0.25) is 0 Å². The number of rotatable bonds is 3. The van der Waals surface area contributed by atoms with Gasteiger partial charge in [-0.1, -0.05) is 18.6 Å². The van der Waals surface area contributed by atoms with Crippen LogP contribution < -0.4 is 16.6 Å². The number of nitrogens with two attached hydrogens (primary N) is 1. The Morgan fingerprint density at radius 1 is 1.16 bits per heavy atom. The van der Waals surface area contributed by atoms with Gasteiger partial charge in [0.25, 0.3) is 0 Å². The molecular weight excluding hydrogens is 241 g/mol. The summed E-state index contributed by atoms with van der Waals surface area (Å²) in [5.41, 5.74) is 13.8. The smallest absolute Gasteiger partial charge is 0.123 e. The van der Waals surface area contributed by atoms with E-state index in [1.807, 2.05) is 12.1 Å². The molecule has 2 fully saturated rings. The number of hydrogen-bond donors (Lipinski definition) is 3. The molecule has 1 saturated heterocycles. The fourth-order valence-corrected chi connectivity index (χ4v) is 3.81. The summed E-state index contributed by atoms with van der Waals surface area (Å²) >= 11 is 0. The molecule has 104 valence electrons. The van der Waals surface area contributed by atoms with E-state index in [1.165, 1.54) is 24.8 Å². The van der Waals surface area contributed by atoms with Crippen LogP contribution >= 0.6 is 0 Å². The first-order valence-electron chi connectivity index (χ1n) is 7.26. The second-order valence-electron chi connectivity index (χ2n) is 5.77. The first-order valence-corrected chi connectivity index (χ1v) is 7.26. The summed E-state index contributed by atoms with van der Waals surface area (Å²) in [6.07, 6.45) is 4.84. The maximum absolute atomic E-state index is 13.1. The minimum atomic E-state index is -0.173. The van der Waals surface area contributed by atoms with Gasteiger partial charge >= 0.3 is 0 Å². The van der Waals surface area contributed by atoms with Crippen LogP contribution in [0.15, 0.2) is 24.3 Å². The van der Waals surface area contributed by atoms with Gasteiger partial charge in [-0.05, 0) is 55.3 Å². The normalized spacial score (nSPS) is 34.2. The third-order valence-corrected chi connectivity index (χ3v) is 4.67. The second-order valence-corrected chi connectivity index (χ2v) is 5.77. The van der Waals surface area contributed by atoms with E-state index in [0.29, 0.717) is 17.9 Å². The molecule has 19 heavy (non-hydrogen) atoms. The topological polar surface area (TPSA) is 50.1 Å². The Hall–Kier alpha value is -0.970. The highest BCUT2D eigenvalue weighted by Crippen LogP contribution is 2.42. The van der Waals surface area contributed by atoms with Crippen molar-refractivity contribution in [2.75, 3.05) is 6.54 Å². The van der Waals surface area contributed by atoms with Crippen LogP contribution in [-0.2, 0) is 0 Å². The molecule has 1 saturated carbocycles. The molecule has 0 aromatic heterocycles. The maximum atomic E-state index is 13.1. The van der Waals surface area contributed by atoms with Gasteiger partial charge in [-0.15, -0.1) is 0 Å². The molecule has 0 amide bonds. The zero-order chi connectivity index (χ0) is 13.2. The van der Waals surface area contributed by atoms with Crippen molar-refractivity contribution in [2.24, 2.45) is 17.6 Å². The van der Waals surface area contributed by atoms with Gasteiger partial charge in [-0.25, -0.2) is 9.82 Å². The lowest BCUT2D eigenvalue weighted by atomic mass is 9.71. The summed E-state index contributed by atoms with van der Waals surface area (Å²) in [6.45, 7) is 0.754. The zero-order valence-corrected chi connectivity index (χ0v) is 11.1. The number of nitrogens with one attached hydrogen (secondary N) is 2. The van der Waals surface area contributed by atoms with E-state index in [0.717, 1.165) is 13.0 Å². The van der Waals surface area contributed by atoms with Gasteiger partial charge in [0.15, 0.2) is 0 Å². The summed E-state index contributed by atoms with van der Waals surface area (Å²) in [5.74, 6) is 1.07. The zero-order valence-electron chi connectivity index (χ0n) is 11.1. The standard InChI is InChI=1S/C15H22FN3/c16-12-6-4-11(5-7-12)15-14-10(8-9-17)2-1-3-13(14)18-19-15/h4-7,10,13-15,18-19H,1-3,8-9,17H2. The van der Waals surface area contributed by atoms with Gasteiger partial charge < -0.3 is 5.73 Å². The summed E-state index contributed by atoms with van der Waals surface area (Å²) in [4.78, 5) is 0. The van der Waals surface area contributed by atoms with Crippen molar-refractivity contribution in [1.29, 1.82) is 0 Å². The van der Waals surface area contributed by atoms with Crippen molar-refractivity contribution >= 4 is 0 Å². The Morgan fingerprint density at radius 2 is 1.95 bits per heavy atom. The van der Waals surface area contributed by atoms with Gasteiger partial charge in [-0.3, -0.25) is 5.43 Å². The lowest BCUT2D eigenvalue weighted by molar-refractivity contribution is 0.194. The first kappa shape index (κ1) is 13.0. The van der Waals surface area contributed by atoms with Crippen LogP contribution in [0.3, 0.4) is 0 Å². The van der Waals surface area contributed by atoms with E-state index >= 15 is 0 Å². The molecule has 2 aliphatic rings. The molecule has 1 heterocycles. The minimum absolute atomic E-state index is 0.173. The minimum Gasteiger partial charge on any atom is -0.330 e. The molecule has 3 nitrogen and oxygen atoms in total.